The fourth-order valence-corrected chi connectivity index (χ4v) is 4.93. The largest absolute Gasteiger partial charge is 0.489 e. The molecule has 8 heteroatoms. The molecule has 0 N–H and O–H groups in total. The van der Waals surface area contributed by atoms with E-state index in [2.05, 4.69) is 19.9 Å². The molecule has 0 unspecified atom stereocenters. The Kier molecular flexibility index (Phi) is 6.26. The highest BCUT2D eigenvalue weighted by atomic mass is 16.5. The Hall–Kier alpha value is -3.00. The zero-order valence-corrected chi connectivity index (χ0v) is 19.4. The number of morpholine rings is 1. The summed E-state index contributed by atoms with van der Waals surface area (Å²) in [5.74, 6) is 2.08. The third kappa shape index (κ3) is 4.85. The van der Waals surface area contributed by atoms with Crippen LogP contribution in [0.2, 0.25) is 0 Å². The Balaban J connectivity index is 1.34. The lowest BCUT2D eigenvalue weighted by Crippen LogP contribution is -2.36. The van der Waals surface area contributed by atoms with Gasteiger partial charge < -0.3 is 18.9 Å². The first-order valence-corrected chi connectivity index (χ1v) is 11.8. The van der Waals surface area contributed by atoms with Crippen LogP contribution in [0.5, 0.6) is 5.75 Å². The van der Waals surface area contributed by atoms with Crippen molar-refractivity contribution in [3.63, 3.8) is 0 Å². The molecule has 1 aliphatic carbocycles. The number of anilines is 1. The maximum atomic E-state index is 13.0. The van der Waals surface area contributed by atoms with Gasteiger partial charge in [-0.1, -0.05) is 0 Å². The molecule has 2 fully saturated rings. The van der Waals surface area contributed by atoms with Gasteiger partial charge in [0.2, 0.25) is 0 Å². The van der Waals surface area contributed by atoms with Gasteiger partial charge in [0.15, 0.2) is 0 Å². The van der Waals surface area contributed by atoms with Crippen LogP contribution in [-0.4, -0.2) is 51.9 Å². The van der Waals surface area contributed by atoms with E-state index in [0.29, 0.717) is 35.8 Å². The second-order valence-electron chi connectivity index (χ2n) is 9.16. The van der Waals surface area contributed by atoms with Gasteiger partial charge in [-0.3, -0.25) is 4.79 Å². The van der Waals surface area contributed by atoms with Crippen LogP contribution in [-0.2, 0) is 18.2 Å². The minimum Gasteiger partial charge on any atom is -0.489 e. The van der Waals surface area contributed by atoms with Gasteiger partial charge in [0.05, 0.1) is 31.2 Å². The van der Waals surface area contributed by atoms with E-state index in [1.165, 1.54) is 4.57 Å². The van der Waals surface area contributed by atoms with E-state index in [1.807, 2.05) is 31.3 Å². The van der Waals surface area contributed by atoms with Crippen molar-refractivity contribution >= 4 is 16.6 Å². The van der Waals surface area contributed by atoms with Gasteiger partial charge in [-0.2, -0.15) is 0 Å². The summed E-state index contributed by atoms with van der Waals surface area (Å²) in [7, 11) is 1.73. The fourth-order valence-electron chi connectivity index (χ4n) is 4.93. The van der Waals surface area contributed by atoms with Crippen molar-refractivity contribution in [1.29, 1.82) is 0 Å². The zero-order chi connectivity index (χ0) is 22.8. The molecule has 174 valence electrons. The number of rotatable bonds is 5. The third-order valence-electron chi connectivity index (χ3n) is 6.77. The minimum atomic E-state index is -0.0728. The number of nitrogens with zero attached hydrogens (tertiary/aromatic N) is 5. The Labute approximate surface area is 193 Å². The summed E-state index contributed by atoms with van der Waals surface area (Å²) < 4.78 is 13.5. The number of ether oxygens (including phenoxy) is 2. The predicted octanol–water partition coefficient (Wildman–Crippen LogP) is 3.05. The fraction of sp³-hybridized carbons (Fsp3) is 0.520. The molecular weight excluding hydrogens is 418 g/mol. The Morgan fingerprint density at radius 1 is 1.12 bits per heavy atom. The highest BCUT2D eigenvalue weighted by Gasteiger charge is 2.25. The summed E-state index contributed by atoms with van der Waals surface area (Å²) in [6, 6.07) is 6.03. The van der Waals surface area contributed by atoms with Crippen molar-refractivity contribution in [2.75, 3.05) is 31.2 Å². The molecule has 1 aliphatic heterocycles. The van der Waals surface area contributed by atoms with Gasteiger partial charge in [0, 0.05) is 43.8 Å². The summed E-state index contributed by atoms with van der Waals surface area (Å²) in [4.78, 5) is 28.5. The minimum absolute atomic E-state index is 0.0728. The first kappa shape index (κ1) is 21.8. The molecule has 1 saturated heterocycles. The highest BCUT2D eigenvalue weighted by molar-refractivity contribution is 5.88. The zero-order valence-electron chi connectivity index (χ0n) is 19.4. The van der Waals surface area contributed by atoms with Crippen LogP contribution in [0, 0.1) is 12.8 Å². The molecule has 0 atom stereocenters. The van der Waals surface area contributed by atoms with Gasteiger partial charge in [0.25, 0.3) is 5.56 Å². The summed E-state index contributed by atoms with van der Waals surface area (Å²) in [6.45, 7) is 4.98. The Morgan fingerprint density at radius 3 is 2.67 bits per heavy atom. The summed E-state index contributed by atoms with van der Waals surface area (Å²) in [6.07, 6.45) is 8.62. The summed E-state index contributed by atoms with van der Waals surface area (Å²) >= 11 is 0. The third-order valence-corrected chi connectivity index (χ3v) is 6.77. The molecule has 3 heterocycles. The number of hydrogen-bond donors (Lipinski definition) is 0. The molecular formula is C25H31N5O3. The Morgan fingerprint density at radius 2 is 1.91 bits per heavy atom. The van der Waals surface area contributed by atoms with Crippen molar-refractivity contribution in [1.82, 2.24) is 19.5 Å². The van der Waals surface area contributed by atoms with Crippen LogP contribution < -0.4 is 15.2 Å². The van der Waals surface area contributed by atoms with Crippen LogP contribution >= 0.6 is 0 Å². The molecule has 0 spiro atoms. The first-order valence-electron chi connectivity index (χ1n) is 11.8. The maximum Gasteiger partial charge on any atom is 0.264 e. The molecule has 0 bridgehead atoms. The van der Waals surface area contributed by atoms with Crippen LogP contribution in [0.25, 0.3) is 10.9 Å². The van der Waals surface area contributed by atoms with Gasteiger partial charge in [-0.15, -0.1) is 0 Å². The predicted molar refractivity (Wildman–Crippen MR) is 127 cm³/mol. The van der Waals surface area contributed by atoms with Crippen molar-refractivity contribution in [2.24, 2.45) is 13.0 Å². The van der Waals surface area contributed by atoms with E-state index in [-0.39, 0.29) is 11.7 Å². The first-order chi connectivity index (χ1) is 16.1. The van der Waals surface area contributed by atoms with E-state index in [4.69, 9.17) is 9.47 Å². The summed E-state index contributed by atoms with van der Waals surface area (Å²) in [5, 5.41) is 0.565. The Bertz CT molecular complexity index is 1180. The molecule has 0 amide bonds. The number of aromatic nitrogens is 4. The van der Waals surface area contributed by atoms with Crippen LogP contribution in [0.1, 0.15) is 37.2 Å². The van der Waals surface area contributed by atoms with Crippen molar-refractivity contribution in [3.8, 4) is 5.75 Å². The number of benzene rings is 1. The van der Waals surface area contributed by atoms with E-state index in [9.17, 15) is 4.79 Å². The molecule has 33 heavy (non-hydrogen) atoms. The van der Waals surface area contributed by atoms with Gasteiger partial charge in [-0.05, 0) is 57.1 Å². The molecule has 0 radical (unpaired) electrons. The molecule has 8 nitrogen and oxygen atoms in total. The summed E-state index contributed by atoms with van der Waals surface area (Å²) in [5.41, 5.74) is 2.77. The lowest BCUT2D eigenvalue weighted by Gasteiger charge is -2.31. The van der Waals surface area contributed by atoms with Gasteiger partial charge >= 0.3 is 0 Å². The quantitative estimate of drug-likeness (QED) is 0.592. The van der Waals surface area contributed by atoms with Crippen LogP contribution in [0.3, 0.4) is 0 Å². The second-order valence-corrected chi connectivity index (χ2v) is 9.16. The lowest BCUT2D eigenvalue weighted by atomic mass is 9.84. The van der Waals surface area contributed by atoms with E-state index in [1.54, 1.807) is 13.4 Å². The maximum absolute atomic E-state index is 13.0. The normalized spacial score (nSPS) is 21.3. The number of hydrogen-bond acceptors (Lipinski definition) is 7. The van der Waals surface area contributed by atoms with Crippen LogP contribution in [0.15, 0.2) is 35.5 Å². The van der Waals surface area contributed by atoms with Crippen molar-refractivity contribution in [3.05, 3.63) is 52.6 Å². The average molecular weight is 450 g/mol. The van der Waals surface area contributed by atoms with Crippen molar-refractivity contribution < 1.29 is 9.47 Å². The standard InChI is InChI=1S/C25H31N5O3/c1-17-26-8-7-19(28-17)13-18-3-5-21(6-4-18)33-23-15-20(30-9-11-32-12-10-30)14-22-24(23)25(31)29(2)16-27-22/h7-8,14-16,18,21H,3-6,9-13H2,1-2H3. The highest BCUT2D eigenvalue weighted by Crippen LogP contribution is 2.34. The number of fused-ring (bicyclic) bond motifs is 1. The van der Waals surface area contributed by atoms with Gasteiger partial charge in [-0.25, -0.2) is 15.0 Å². The number of aryl methyl sites for hydroxylation is 2. The second kappa shape index (κ2) is 9.47. The monoisotopic (exact) mass is 449 g/mol. The molecule has 3 aromatic rings. The molecule has 1 aromatic carbocycles. The van der Waals surface area contributed by atoms with Crippen LogP contribution in [0.4, 0.5) is 5.69 Å². The van der Waals surface area contributed by atoms with E-state index >= 15 is 0 Å². The van der Waals surface area contributed by atoms with E-state index in [0.717, 1.165) is 62.4 Å². The van der Waals surface area contributed by atoms with E-state index < -0.39 is 0 Å². The van der Waals surface area contributed by atoms with Gasteiger partial charge in [0.1, 0.15) is 17.0 Å². The molecule has 2 aliphatic rings. The molecule has 1 saturated carbocycles. The molecule has 2 aromatic heterocycles. The SMILES string of the molecule is Cc1nccc(CC2CCC(Oc3cc(N4CCOCC4)cc4ncn(C)c(=O)c34)CC2)n1. The molecule has 5 rings (SSSR count). The van der Waals surface area contributed by atoms with Crippen molar-refractivity contribution in [2.45, 2.75) is 45.1 Å². The average Bonchev–Trinajstić information content (AvgIpc) is 2.83. The lowest BCUT2D eigenvalue weighted by molar-refractivity contribution is 0.122. The smallest absolute Gasteiger partial charge is 0.264 e. The topological polar surface area (TPSA) is 82.4 Å².